The summed E-state index contributed by atoms with van der Waals surface area (Å²) < 4.78 is 0. The van der Waals surface area contributed by atoms with Crippen LogP contribution in [0.4, 0.5) is 10.5 Å². The van der Waals surface area contributed by atoms with Gasteiger partial charge >= 0.3 is 12.0 Å². The van der Waals surface area contributed by atoms with E-state index < -0.39 is 18.0 Å². The highest BCUT2D eigenvalue weighted by atomic mass is 35.5. The number of carboxylic acids is 1. The number of halogens is 1. The van der Waals surface area contributed by atoms with E-state index in [1.165, 1.54) is 18.2 Å². The molecule has 0 saturated carbocycles. The minimum Gasteiger partial charge on any atom is -0.478 e. The van der Waals surface area contributed by atoms with Crippen molar-refractivity contribution < 1.29 is 14.7 Å². The Labute approximate surface area is 109 Å². The normalized spacial score (nSPS) is 11.2. The Bertz CT molecular complexity index is 523. The Hall–Kier alpha value is -2.19. The number of nitrogens with one attached hydrogen (secondary N) is 2. The van der Waals surface area contributed by atoms with Crippen molar-refractivity contribution in [1.82, 2.24) is 5.32 Å². The van der Waals surface area contributed by atoms with Gasteiger partial charge in [0.25, 0.3) is 0 Å². The molecule has 18 heavy (non-hydrogen) atoms. The van der Waals surface area contributed by atoms with E-state index in [4.69, 9.17) is 23.1 Å². The van der Waals surface area contributed by atoms with E-state index in [2.05, 4.69) is 16.6 Å². The van der Waals surface area contributed by atoms with Crippen LogP contribution >= 0.6 is 11.6 Å². The number of benzene rings is 1. The predicted octanol–water partition coefficient (Wildman–Crippen LogP) is 2.18. The van der Waals surface area contributed by atoms with Gasteiger partial charge in [-0.3, -0.25) is 0 Å². The van der Waals surface area contributed by atoms with Gasteiger partial charge in [-0.05, 0) is 25.1 Å². The molecule has 1 atom stereocenters. The molecular formula is C12H11ClN2O3. The Morgan fingerprint density at radius 3 is 2.67 bits per heavy atom. The maximum atomic E-state index is 11.5. The van der Waals surface area contributed by atoms with Crippen LogP contribution in [0.25, 0.3) is 0 Å². The molecule has 0 saturated heterocycles. The number of rotatable bonds is 3. The summed E-state index contributed by atoms with van der Waals surface area (Å²) in [6.45, 7) is 1.65. The van der Waals surface area contributed by atoms with Crippen LogP contribution in [0.15, 0.2) is 18.2 Å². The summed E-state index contributed by atoms with van der Waals surface area (Å²) in [6, 6.07) is 3.08. The van der Waals surface area contributed by atoms with Gasteiger partial charge in [-0.25, -0.2) is 9.59 Å². The van der Waals surface area contributed by atoms with Crippen LogP contribution in [-0.4, -0.2) is 23.1 Å². The Morgan fingerprint density at radius 2 is 2.17 bits per heavy atom. The summed E-state index contributed by atoms with van der Waals surface area (Å²) in [5.74, 6) is 1.25. The first-order chi connectivity index (χ1) is 8.43. The minimum absolute atomic E-state index is 0.0444. The number of hydrogen-bond acceptors (Lipinski definition) is 2. The molecule has 1 aromatic rings. The van der Waals surface area contributed by atoms with E-state index in [-0.39, 0.29) is 10.6 Å². The molecule has 1 rings (SSSR count). The number of carbonyl (C=O) groups is 2. The van der Waals surface area contributed by atoms with Crippen LogP contribution in [0, 0.1) is 12.3 Å². The molecule has 2 amide bonds. The standard InChI is InChI=1S/C12H11ClN2O3/c1-3-7(2)14-12(18)15-10-5-4-8(11(16)17)6-9(10)13/h1,4-7H,2H3,(H,16,17)(H2,14,15,18). The van der Waals surface area contributed by atoms with Gasteiger partial charge < -0.3 is 15.7 Å². The zero-order chi connectivity index (χ0) is 13.7. The maximum absolute atomic E-state index is 11.5. The van der Waals surface area contributed by atoms with Gasteiger partial charge in [0, 0.05) is 0 Å². The first-order valence-electron chi connectivity index (χ1n) is 5.00. The molecule has 1 aromatic carbocycles. The molecule has 3 N–H and O–H groups in total. The molecule has 0 aliphatic heterocycles. The van der Waals surface area contributed by atoms with Gasteiger partial charge in [-0.15, -0.1) is 6.42 Å². The van der Waals surface area contributed by atoms with Crippen molar-refractivity contribution in [2.24, 2.45) is 0 Å². The average Bonchev–Trinajstić information content (AvgIpc) is 2.31. The average molecular weight is 267 g/mol. The van der Waals surface area contributed by atoms with E-state index in [1.807, 2.05) is 0 Å². The third kappa shape index (κ3) is 3.68. The monoisotopic (exact) mass is 266 g/mol. The summed E-state index contributed by atoms with van der Waals surface area (Å²) in [4.78, 5) is 22.2. The maximum Gasteiger partial charge on any atom is 0.335 e. The summed E-state index contributed by atoms with van der Waals surface area (Å²) in [5, 5.41) is 13.8. The number of anilines is 1. The second-order valence-electron chi connectivity index (χ2n) is 3.49. The van der Waals surface area contributed by atoms with Crippen molar-refractivity contribution in [2.75, 3.05) is 5.32 Å². The van der Waals surface area contributed by atoms with Gasteiger partial charge in [-0.1, -0.05) is 17.5 Å². The number of urea groups is 1. The smallest absolute Gasteiger partial charge is 0.335 e. The van der Waals surface area contributed by atoms with Gasteiger partial charge in [0.15, 0.2) is 0 Å². The Balaban J connectivity index is 2.77. The van der Waals surface area contributed by atoms with E-state index in [9.17, 15) is 9.59 Å². The molecule has 94 valence electrons. The van der Waals surface area contributed by atoms with Crippen molar-refractivity contribution in [3.63, 3.8) is 0 Å². The fourth-order valence-corrected chi connectivity index (χ4v) is 1.37. The largest absolute Gasteiger partial charge is 0.478 e. The molecule has 0 bridgehead atoms. The molecule has 0 fully saturated rings. The topological polar surface area (TPSA) is 78.4 Å². The molecule has 5 nitrogen and oxygen atoms in total. The lowest BCUT2D eigenvalue weighted by atomic mass is 10.2. The zero-order valence-electron chi connectivity index (χ0n) is 9.53. The van der Waals surface area contributed by atoms with Crippen molar-refractivity contribution >= 4 is 29.3 Å². The molecule has 0 heterocycles. The molecule has 1 unspecified atom stereocenters. The first-order valence-corrected chi connectivity index (χ1v) is 5.38. The number of carboxylic acid groups (broad SMARTS) is 1. The van der Waals surface area contributed by atoms with Gasteiger partial charge in [0.1, 0.15) is 0 Å². The molecule has 0 aliphatic rings. The lowest BCUT2D eigenvalue weighted by Crippen LogP contribution is -2.35. The highest BCUT2D eigenvalue weighted by Gasteiger charge is 2.10. The quantitative estimate of drug-likeness (QED) is 0.734. The predicted molar refractivity (Wildman–Crippen MR) is 68.9 cm³/mol. The minimum atomic E-state index is -1.09. The SMILES string of the molecule is C#CC(C)NC(=O)Nc1ccc(C(=O)O)cc1Cl. The van der Waals surface area contributed by atoms with Crippen LogP contribution < -0.4 is 10.6 Å². The van der Waals surface area contributed by atoms with Gasteiger partial charge in [0.05, 0.1) is 22.3 Å². The summed E-state index contributed by atoms with van der Waals surface area (Å²) >= 11 is 5.84. The Morgan fingerprint density at radius 1 is 1.50 bits per heavy atom. The van der Waals surface area contributed by atoms with E-state index in [1.54, 1.807) is 6.92 Å². The van der Waals surface area contributed by atoms with Gasteiger partial charge in [0.2, 0.25) is 0 Å². The van der Waals surface area contributed by atoms with Crippen molar-refractivity contribution in [3.8, 4) is 12.3 Å². The lowest BCUT2D eigenvalue weighted by molar-refractivity contribution is 0.0697. The third-order valence-electron chi connectivity index (χ3n) is 2.06. The van der Waals surface area contributed by atoms with Gasteiger partial charge in [-0.2, -0.15) is 0 Å². The zero-order valence-corrected chi connectivity index (χ0v) is 10.3. The molecular weight excluding hydrogens is 256 g/mol. The molecule has 0 aliphatic carbocycles. The van der Waals surface area contributed by atoms with Crippen molar-refractivity contribution in [2.45, 2.75) is 13.0 Å². The summed E-state index contributed by atoms with van der Waals surface area (Å²) in [5.41, 5.74) is 0.353. The highest BCUT2D eigenvalue weighted by Crippen LogP contribution is 2.22. The summed E-state index contributed by atoms with van der Waals surface area (Å²) in [7, 11) is 0. The van der Waals surface area contributed by atoms with Crippen molar-refractivity contribution in [3.05, 3.63) is 28.8 Å². The molecule has 0 spiro atoms. The molecule has 0 aromatic heterocycles. The van der Waals surface area contributed by atoms with Crippen LogP contribution in [0.3, 0.4) is 0 Å². The second-order valence-corrected chi connectivity index (χ2v) is 3.89. The van der Waals surface area contributed by atoms with Crippen LogP contribution in [-0.2, 0) is 0 Å². The van der Waals surface area contributed by atoms with Crippen molar-refractivity contribution in [1.29, 1.82) is 0 Å². The Kier molecular flexibility index (Phi) is 4.58. The fraction of sp³-hybridized carbons (Fsp3) is 0.167. The number of carbonyl (C=O) groups excluding carboxylic acids is 1. The van der Waals surface area contributed by atoms with Crippen LogP contribution in [0.2, 0.25) is 5.02 Å². The van der Waals surface area contributed by atoms with E-state index >= 15 is 0 Å². The molecule has 6 heteroatoms. The number of terminal acetylenes is 1. The molecule has 0 radical (unpaired) electrons. The van der Waals surface area contributed by atoms with E-state index in [0.717, 1.165) is 0 Å². The number of amides is 2. The summed E-state index contributed by atoms with van der Waals surface area (Å²) in [6.07, 6.45) is 5.11. The van der Waals surface area contributed by atoms with Crippen LogP contribution in [0.5, 0.6) is 0 Å². The van der Waals surface area contributed by atoms with E-state index in [0.29, 0.717) is 5.69 Å². The first kappa shape index (κ1) is 13.9. The second kappa shape index (κ2) is 5.94. The number of hydrogen-bond donors (Lipinski definition) is 3. The van der Waals surface area contributed by atoms with Crippen LogP contribution in [0.1, 0.15) is 17.3 Å². The third-order valence-corrected chi connectivity index (χ3v) is 2.37. The lowest BCUT2D eigenvalue weighted by Gasteiger charge is -2.11. The highest BCUT2D eigenvalue weighted by molar-refractivity contribution is 6.34. The number of aromatic carboxylic acids is 1. The fourth-order valence-electron chi connectivity index (χ4n) is 1.15.